The maximum absolute atomic E-state index is 13.2. The van der Waals surface area contributed by atoms with E-state index in [0.29, 0.717) is 12.0 Å². The van der Waals surface area contributed by atoms with Gasteiger partial charge in [-0.25, -0.2) is 0 Å². The van der Waals surface area contributed by atoms with Gasteiger partial charge in [-0.15, -0.1) is 0 Å². The third kappa shape index (κ3) is 4.93. The lowest BCUT2D eigenvalue weighted by atomic mass is 9.89. The number of carbonyl (C=O) groups is 1. The zero-order valence-corrected chi connectivity index (χ0v) is 21.0. The molecule has 1 aromatic heterocycles. The highest BCUT2D eigenvalue weighted by atomic mass is 16.6. The van der Waals surface area contributed by atoms with E-state index in [4.69, 9.17) is 18.6 Å². The van der Waals surface area contributed by atoms with E-state index in [0.717, 1.165) is 6.07 Å². The molecular weight excluding hydrogens is 500 g/mol. The number of fused-ring (bicyclic) bond motifs is 1. The summed E-state index contributed by atoms with van der Waals surface area (Å²) in [5, 5.41) is 51.4. The molecule has 4 rings (SSSR count). The number of rotatable bonds is 7. The fourth-order valence-electron chi connectivity index (χ4n) is 4.39. The summed E-state index contributed by atoms with van der Waals surface area (Å²) in [7, 11) is 1.30. The van der Waals surface area contributed by atoms with Crippen LogP contribution in [0.25, 0.3) is 22.3 Å². The van der Waals surface area contributed by atoms with Crippen molar-refractivity contribution in [3.05, 3.63) is 52.2 Å². The molecule has 11 nitrogen and oxygen atoms in total. The summed E-state index contributed by atoms with van der Waals surface area (Å²) < 4.78 is 23.1. The average Bonchev–Trinajstić information content (AvgIpc) is 2.91. The number of esters is 1. The molecule has 2 aromatic carbocycles. The van der Waals surface area contributed by atoms with Crippen LogP contribution in [0.5, 0.6) is 17.2 Å². The zero-order valence-electron chi connectivity index (χ0n) is 21.0. The smallest absolute Gasteiger partial charge is 0.309 e. The molecule has 2 heterocycles. The molecule has 0 aliphatic carbocycles. The van der Waals surface area contributed by atoms with Crippen LogP contribution in [0.15, 0.2) is 45.6 Å². The van der Waals surface area contributed by atoms with Crippen LogP contribution in [0.1, 0.15) is 31.9 Å². The molecule has 0 saturated carbocycles. The second-order valence-electron chi connectivity index (χ2n) is 9.21. The zero-order chi connectivity index (χ0) is 27.7. The van der Waals surface area contributed by atoms with E-state index in [2.05, 4.69) is 0 Å². The van der Waals surface area contributed by atoms with Gasteiger partial charge in [0.1, 0.15) is 52.8 Å². The molecule has 3 aromatic rings. The van der Waals surface area contributed by atoms with E-state index in [-0.39, 0.29) is 33.8 Å². The highest BCUT2D eigenvalue weighted by Crippen LogP contribution is 2.45. The molecule has 11 heteroatoms. The Hall–Kier alpha value is -3.64. The molecule has 0 spiro atoms. The molecule has 0 radical (unpaired) electrons. The summed E-state index contributed by atoms with van der Waals surface area (Å²) in [5.74, 6) is -1.58. The first-order valence-electron chi connectivity index (χ1n) is 12.1. The SMILES string of the molecule is CC[C@@H](C)C(=O)O[C@H]1[C@@H](O)[C@H](O)[C@H](CO)O[C@H]1c1c(OC)cc(O)c2c(=O)cc(-c3ccc(O)cc3)oc12. The number of phenols is 2. The van der Waals surface area contributed by atoms with Gasteiger partial charge in [-0.2, -0.15) is 0 Å². The Labute approximate surface area is 217 Å². The molecule has 1 fully saturated rings. The van der Waals surface area contributed by atoms with Crippen LogP contribution in [0.3, 0.4) is 0 Å². The van der Waals surface area contributed by atoms with Crippen molar-refractivity contribution < 1.29 is 49.0 Å². The fraction of sp³-hybridized carbons (Fsp3) is 0.407. The summed E-state index contributed by atoms with van der Waals surface area (Å²) in [6, 6.07) is 8.19. The number of hydrogen-bond acceptors (Lipinski definition) is 11. The van der Waals surface area contributed by atoms with Gasteiger partial charge < -0.3 is 44.2 Å². The monoisotopic (exact) mass is 530 g/mol. The first kappa shape index (κ1) is 27.4. The second kappa shape index (κ2) is 11.0. The van der Waals surface area contributed by atoms with Gasteiger partial charge in [-0.3, -0.25) is 9.59 Å². The fourth-order valence-corrected chi connectivity index (χ4v) is 4.39. The predicted octanol–water partition coefficient (Wildman–Crippen LogP) is 1.99. The van der Waals surface area contributed by atoms with Crippen molar-refractivity contribution >= 4 is 16.9 Å². The van der Waals surface area contributed by atoms with Gasteiger partial charge in [-0.05, 0) is 30.7 Å². The topological polar surface area (TPSA) is 176 Å². The van der Waals surface area contributed by atoms with Crippen LogP contribution in [-0.4, -0.2) is 69.6 Å². The molecule has 6 atom stereocenters. The number of benzene rings is 2. The first-order valence-corrected chi connectivity index (χ1v) is 12.1. The molecular formula is C27H30O11. The van der Waals surface area contributed by atoms with E-state index in [1.807, 2.05) is 0 Å². The summed E-state index contributed by atoms with van der Waals surface area (Å²) in [4.78, 5) is 25.9. The Balaban J connectivity index is 1.98. The lowest BCUT2D eigenvalue weighted by molar-refractivity contribution is -0.242. The second-order valence-corrected chi connectivity index (χ2v) is 9.21. The maximum Gasteiger partial charge on any atom is 0.309 e. The minimum Gasteiger partial charge on any atom is -0.508 e. The van der Waals surface area contributed by atoms with Crippen LogP contribution < -0.4 is 10.2 Å². The third-order valence-corrected chi connectivity index (χ3v) is 6.77. The van der Waals surface area contributed by atoms with E-state index in [1.54, 1.807) is 13.8 Å². The van der Waals surface area contributed by atoms with Crippen LogP contribution in [0.4, 0.5) is 0 Å². The lowest BCUT2D eigenvalue weighted by Crippen LogP contribution is -2.56. The van der Waals surface area contributed by atoms with E-state index < -0.39 is 60.2 Å². The molecule has 0 amide bonds. The predicted molar refractivity (Wildman–Crippen MR) is 134 cm³/mol. The first-order chi connectivity index (χ1) is 18.1. The van der Waals surface area contributed by atoms with Gasteiger partial charge in [0.15, 0.2) is 17.1 Å². The van der Waals surface area contributed by atoms with Gasteiger partial charge in [0.25, 0.3) is 0 Å². The van der Waals surface area contributed by atoms with Crippen molar-refractivity contribution in [2.24, 2.45) is 5.92 Å². The van der Waals surface area contributed by atoms with E-state index in [1.165, 1.54) is 37.4 Å². The van der Waals surface area contributed by atoms with Gasteiger partial charge in [0.05, 0.1) is 25.2 Å². The Morgan fingerprint density at radius 3 is 2.39 bits per heavy atom. The van der Waals surface area contributed by atoms with Gasteiger partial charge in [-0.1, -0.05) is 13.8 Å². The average molecular weight is 531 g/mol. The molecule has 1 aliphatic heterocycles. The third-order valence-electron chi connectivity index (χ3n) is 6.77. The standard InChI is InChI=1S/C27H30O11/c1-4-12(2)27(34)38-26-23(33)22(32)19(11-28)37-25(26)21-18(35-3)10-16(31)20-15(30)9-17(36-24(20)21)13-5-7-14(29)8-6-13/h5-10,12,19,22-23,25-26,28-29,31-33H,4,11H2,1-3H3/t12-,19+,22-,23+,25+,26+/m1/s1. The molecule has 204 valence electrons. The summed E-state index contributed by atoms with van der Waals surface area (Å²) in [5.41, 5.74) is -0.335. The number of methoxy groups -OCH3 is 1. The lowest BCUT2D eigenvalue weighted by Gasteiger charge is -2.42. The Morgan fingerprint density at radius 2 is 1.79 bits per heavy atom. The minimum absolute atomic E-state index is 0.000973. The van der Waals surface area contributed by atoms with Crippen molar-refractivity contribution in [1.82, 2.24) is 0 Å². The van der Waals surface area contributed by atoms with Crippen LogP contribution >= 0.6 is 0 Å². The largest absolute Gasteiger partial charge is 0.508 e. The number of phenolic OH excluding ortho intramolecular Hbond substituents is 2. The quantitative estimate of drug-likeness (QED) is 0.282. The maximum atomic E-state index is 13.2. The number of aliphatic hydroxyl groups is 3. The highest BCUT2D eigenvalue weighted by Gasteiger charge is 2.49. The molecule has 38 heavy (non-hydrogen) atoms. The van der Waals surface area contributed by atoms with Crippen molar-refractivity contribution in [2.45, 2.75) is 50.8 Å². The Kier molecular flexibility index (Phi) is 7.93. The number of aliphatic hydroxyl groups excluding tert-OH is 3. The van der Waals surface area contributed by atoms with Crippen molar-refractivity contribution in [3.8, 4) is 28.6 Å². The van der Waals surface area contributed by atoms with Crippen LogP contribution in [0.2, 0.25) is 0 Å². The summed E-state index contributed by atoms with van der Waals surface area (Å²) in [6.07, 6.45) is -6.98. The molecule has 0 unspecified atom stereocenters. The van der Waals surface area contributed by atoms with Crippen molar-refractivity contribution in [2.75, 3.05) is 13.7 Å². The Morgan fingerprint density at radius 1 is 1.11 bits per heavy atom. The minimum atomic E-state index is -1.68. The molecule has 1 saturated heterocycles. The Bertz CT molecular complexity index is 1360. The van der Waals surface area contributed by atoms with Crippen molar-refractivity contribution in [1.29, 1.82) is 0 Å². The van der Waals surface area contributed by atoms with Gasteiger partial charge in [0, 0.05) is 17.7 Å². The summed E-state index contributed by atoms with van der Waals surface area (Å²) >= 11 is 0. The van der Waals surface area contributed by atoms with Crippen LogP contribution in [-0.2, 0) is 14.3 Å². The van der Waals surface area contributed by atoms with Gasteiger partial charge >= 0.3 is 5.97 Å². The highest BCUT2D eigenvalue weighted by molar-refractivity contribution is 5.90. The number of carbonyl (C=O) groups excluding carboxylic acids is 1. The van der Waals surface area contributed by atoms with E-state index >= 15 is 0 Å². The normalized spacial score (nSPS) is 24.2. The number of aromatic hydroxyl groups is 2. The number of hydrogen-bond donors (Lipinski definition) is 5. The van der Waals surface area contributed by atoms with Gasteiger partial charge in [0.2, 0.25) is 0 Å². The van der Waals surface area contributed by atoms with Crippen molar-refractivity contribution in [3.63, 3.8) is 0 Å². The molecule has 0 bridgehead atoms. The molecule has 5 N–H and O–H groups in total. The number of ether oxygens (including phenoxy) is 3. The molecule has 1 aliphatic rings. The van der Waals surface area contributed by atoms with E-state index in [9.17, 15) is 35.1 Å². The summed E-state index contributed by atoms with van der Waals surface area (Å²) in [6.45, 7) is 2.74. The van der Waals surface area contributed by atoms with Crippen LogP contribution in [0, 0.1) is 5.92 Å².